The summed E-state index contributed by atoms with van der Waals surface area (Å²) < 4.78 is 5.24. The van der Waals surface area contributed by atoms with E-state index in [4.69, 9.17) is 4.74 Å². The van der Waals surface area contributed by atoms with E-state index in [9.17, 15) is 4.79 Å². The molecule has 0 saturated heterocycles. The van der Waals surface area contributed by atoms with Crippen LogP contribution in [-0.2, 0) is 4.79 Å². The number of amides is 1. The highest BCUT2D eigenvalue weighted by Crippen LogP contribution is 2.24. The van der Waals surface area contributed by atoms with Gasteiger partial charge in [-0.15, -0.1) is 0 Å². The fraction of sp³-hybridized carbons (Fsp3) is 0.0800. The third kappa shape index (κ3) is 4.52. The van der Waals surface area contributed by atoms with E-state index in [-0.39, 0.29) is 11.9 Å². The average molecular weight is 395 g/mol. The third-order valence-corrected chi connectivity index (χ3v) is 4.74. The van der Waals surface area contributed by atoms with E-state index in [1.54, 1.807) is 19.4 Å². The normalized spacial score (nSPS) is 12.0. The highest BCUT2D eigenvalue weighted by atomic mass is 16.5. The van der Waals surface area contributed by atoms with Gasteiger partial charge in [0.15, 0.2) is 0 Å². The zero-order chi connectivity index (χ0) is 20.8. The number of aromatic nitrogens is 2. The molecule has 5 nitrogen and oxygen atoms in total. The van der Waals surface area contributed by atoms with E-state index in [1.165, 1.54) is 6.08 Å². The summed E-state index contributed by atoms with van der Waals surface area (Å²) in [7, 11) is 1.63. The van der Waals surface area contributed by atoms with E-state index < -0.39 is 0 Å². The lowest BCUT2D eigenvalue weighted by atomic mass is 9.98. The summed E-state index contributed by atoms with van der Waals surface area (Å²) in [5, 5.41) is 3.08. The molecule has 4 rings (SSSR count). The van der Waals surface area contributed by atoms with Crippen molar-refractivity contribution in [2.24, 2.45) is 0 Å². The second-order valence-electron chi connectivity index (χ2n) is 6.74. The maximum Gasteiger partial charge on any atom is 0.244 e. The highest BCUT2D eigenvalue weighted by molar-refractivity contribution is 5.92. The standard InChI is InChI=1S/C25H21N3O2/c1-30-21-14-11-19(12-15-21)25(18-7-3-2-4-8-18)28-24(29)16-13-20-17-26-22-9-5-6-10-23(22)27-20/h2-17,25H,1H3,(H,28,29)/b16-13+. The van der Waals surface area contributed by atoms with Gasteiger partial charge in [0.2, 0.25) is 5.91 Å². The van der Waals surface area contributed by atoms with Crippen molar-refractivity contribution in [2.75, 3.05) is 7.11 Å². The largest absolute Gasteiger partial charge is 0.497 e. The summed E-state index contributed by atoms with van der Waals surface area (Å²) in [6.45, 7) is 0. The Labute approximate surface area is 175 Å². The number of benzene rings is 3. The fourth-order valence-corrected chi connectivity index (χ4v) is 3.20. The van der Waals surface area contributed by atoms with Crippen molar-refractivity contribution in [3.63, 3.8) is 0 Å². The van der Waals surface area contributed by atoms with Gasteiger partial charge < -0.3 is 10.1 Å². The zero-order valence-electron chi connectivity index (χ0n) is 16.5. The Kier molecular flexibility index (Phi) is 5.80. The predicted octanol–water partition coefficient (Wildman–Crippen LogP) is 4.56. The number of carbonyl (C=O) groups excluding carboxylic acids is 1. The Hall–Kier alpha value is -3.99. The molecule has 148 valence electrons. The molecular weight excluding hydrogens is 374 g/mol. The molecule has 0 radical (unpaired) electrons. The van der Waals surface area contributed by atoms with Crippen LogP contribution in [0, 0.1) is 0 Å². The number of hydrogen-bond donors (Lipinski definition) is 1. The van der Waals surface area contributed by atoms with Gasteiger partial charge in [-0.1, -0.05) is 54.6 Å². The van der Waals surface area contributed by atoms with Crippen molar-refractivity contribution in [1.29, 1.82) is 0 Å². The van der Waals surface area contributed by atoms with E-state index in [0.29, 0.717) is 5.69 Å². The van der Waals surface area contributed by atoms with Gasteiger partial charge in [0, 0.05) is 6.08 Å². The van der Waals surface area contributed by atoms with Crippen LogP contribution in [0.25, 0.3) is 17.1 Å². The second-order valence-corrected chi connectivity index (χ2v) is 6.74. The fourth-order valence-electron chi connectivity index (χ4n) is 3.20. The maximum absolute atomic E-state index is 12.7. The molecule has 30 heavy (non-hydrogen) atoms. The Balaban J connectivity index is 1.55. The van der Waals surface area contributed by atoms with Crippen LogP contribution in [0.3, 0.4) is 0 Å². The van der Waals surface area contributed by atoms with Crippen LogP contribution in [-0.4, -0.2) is 23.0 Å². The smallest absolute Gasteiger partial charge is 0.244 e. The molecule has 1 unspecified atom stereocenters. The second kappa shape index (κ2) is 9.01. The molecule has 1 N–H and O–H groups in total. The molecule has 4 aromatic rings. The first-order valence-electron chi connectivity index (χ1n) is 9.62. The number of methoxy groups -OCH3 is 1. The van der Waals surface area contributed by atoms with Crippen LogP contribution >= 0.6 is 0 Å². The minimum atomic E-state index is -0.281. The number of para-hydroxylation sites is 2. The lowest BCUT2D eigenvalue weighted by Crippen LogP contribution is -2.27. The van der Waals surface area contributed by atoms with Crippen molar-refractivity contribution >= 4 is 23.0 Å². The molecule has 0 bridgehead atoms. The predicted molar refractivity (Wildman–Crippen MR) is 118 cm³/mol. The Morgan fingerprint density at radius 1 is 0.900 bits per heavy atom. The molecule has 0 spiro atoms. The zero-order valence-corrected chi connectivity index (χ0v) is 16.5. The molecule has 0 fully saturated rings. The summed E-state index contributed by atoms with van der Waals surface area (Å²) in [5.41, 5.74) is 4.21. The van der Waals surface area contributed by atoms with Crippen molar-refractivity contribution < 1.29 is 9.53 Å². The van der Waals surface area contributed by atoms with Crippen LogP contribution in [0.1, 0.15) is 22.9 Å². The number of nitrogens with one attached hydrogen (secondary N) is 1. The molecule has 5 heteroatoms. The van der Waals surface area contributed by atoms with E-state index in [1.807, 2.05) is 78.9 Å². The highest BCUT2D eigenvalue weighted by Gasteiger charge is 2.15. The molecule has 1 heterocycles. The van der Waals surface area contributed by atoms with Gasteiger partial charge in [0.1, 0.15) is 5.75 Å². The molecule has 0 aliphatic carbocycles. The molecule has 1 amide bonds. The summed E-state index contributed by atoms with van der Waals surface area (Å²) in [6, 6.07) is 24.9. The number of hydrogen-bond acceptors (Lipinski definition) is 4. The molecule has 0 aliphatic rings. The molecule has 0 aliphatic heterocycles. The summed E-state index contributed by atoms with van der Waals surface area (Å²) >= 11 is 0. The quantitative estimate of drug-likeness (QED) is 0.486. The Morgan fingerprint density at radius 2 is 1.57 bits per heavy atom. The summed E-state index contributed by atoms with van der Waals surface area (Å²) in [4.78, 5) is 21.6. The van der Waals surface area contributed by atoms with Gasteiger partial charge >= 0.3 is 0 Å². The minimum absolute atomic E-state index is 0.213. The average Bonchev–Trinajstić information content (AvgIpc) is 2.82. The van der Waals surface area contributed by atoms with Gasteiger partial charge in [0.05, 0.1) is 36.1 Å². The molecule has 1 atom stereocenters. The van der Waals surface area contributed by atoms with Gasteiger partial charge in [-0.25, -0.2) is 4.98 Å². The van der Waals surface area contributed by atoms with Crippen molar-refractivity contribution in [2.45, 2.75) is 6.04 Å². The number of carbonyl (C=O) groups is 1. The Morgan fingerprint density at radius 3 is 2.30 bits per heavy atom. The first kappa shape index (κ1) is 19.3. The maximum atomic E-state index is 12.7. The Bertz CT molecular complexity index is 1170. The molecule has 3 aromatic carbocycles. The number of nitrogens with zero attached hydrogens (tertiary/aromatic N) is 2. The van der Waals surface area contributed by atoms with Crippen molar-refractivity contribution in [3.05, 3.63) is 108 Å². The van der Waals surface area contributed by atoms with E-state index >= 15 is 0 Å². The van der Waals surface area contributed by atoms with Gasteiger partial charge in [-0.2, -0.15) is 0 Å². The van der Waals surface area contributed by atoms with Crippen molar-refractivity contribution in [1.82, 2.24) is 15.3 Å². The van der Waals surface area contributed by atoms with Gasteiger partial charge in [0.25, 0.3) is 0 Å². The summed E-state index contributed by atoms with van der Waals surface area (Å²) in [5.74, 6) is 0.557. The third-order valence-electron chi connectivity index (χ3n) is 4.74. The SMILES string of the molecule is COc1ccc(C(NC(=O)/C=C/c2cnc3ccccc3n2)c2ccccc2)cc1. The van der Waals surface area contributed by atoms with Crippen LogP contribution in [0.2, 0.25) is 0 Å². The molecule has 0 saturated carbocycles. The first-order chi connectivity index (χ1) is 14.7. The van der Waals surface area contributed by atoms with Crippen LogP contribution in [0.4, 0.5) is 0 Å². The van der Waals surface area contributed by atoms with Gasteiger partial charge in [-0.3, -0.25) is 9.78 Å². The van der Waals surface area contributed by atoms with E-state index in [0.717, 1.165) is 27.9 Å². The molecular formula is C25H21N3O2. The summed E-state index contributed by atoms with van der Waals surface area (Å²) in [6.07, 6.45) is 4.81. The number of rotatable bonds is 6. The minimum Gasteiger partial charge on any atom is -0.497 e. The van der Waals surface area contributed by atoms with Crippen LogP contribution in [0.5, 0.6) is 5.75 Å². The van der Waals surface area contributed by atoms with Crippen LogP contribution in [0.15, 0.2) is 91.1 Å². The van der Waals surface area contributed by atoms with Crippen molar-refractivity contribution in [3.8, 4) is 5.75 Å². The molecule has 1 aromatic heterocycles. The lowest BCUT2D eigenvalue weighted by Gasteiger charge is -2.19. The number of fused-ring (bicyclic) bond motifs is 1. The monoisotopic (exact) mass is 395 g/mol. The van der Waals surface area contributed by atoms with E-state index in [2.05, 4.69) is 15.3 Å². The van der Waals surface area contributed by atoms with Gasteiger partial charge in [-0.05, 0) is 41.5 Å². The van der Waals surface area contributed by atoms with Crippen LogP contribution < -0.4 is 10.1 Å². The topological polar surface area (TPSA) is 64.1 Å². The lowest BCUT2D eigenvalue weighted by molar-refractivity contribution is -0.116. The first-order valence-corrected chi connectivity index (χ1v) is 9.62. The number of ether oxygens (including phenoxy) is 1.